The molecule has 1 saturated carbocycles. The molecule has 0 aliphatic heterocycles. The minimum Gasteiger partial charge on any atom is -0.322 e. The number of amides is 1. The predicted molar refractivity (Wildman–Crippen MR) is 132 cm³/mol. The molecule has 0 aromatic heterocycles. The van der Waals surface area contributed by atoms with Crippen LogP contribution in [0.5, 0.6) is 0 Å². The fraction of sp³-hybridized carbons (Fsp3) is 0.731. The number of rotatable bonds is 12. The summed E-state index contributed by atoms with van der Waals surface area (Å²) in [6.45, 7) is 13.3. The van der Waals surface area contributed by atoms with E-state index in [1.807, 2.05) is 0 Å². The number of hydrogen-bond donors (Lipinski definition) is 1. The molecule has 167 valence electrons. The second-order valence-electron chi connectivity index (χ2n) is 9.49. The molecule has 1 aliphatic rings. The van der Waals surface area contributed by atoms with Gasteiger partial charge in [0.25, 0.3) is 5.91 Å². The number of carbonyl (C=O) groups excluding carboxylic acids is 1. The van der Waals surface area contributed by atoms with E-state index in [4.69, 9.17) is 0 Å². The molecule has 0 atom stereocenters. The largest absolute Gasteiger partial charge is 0.322 e. The molecule has 0 unspecified atom stereocenters. The van der Waals surface area contributed by atoms with Gasteiger partial charge in [0, 0.05) is 45.7 Å². The zero-order valence-electron chi connectivity index (χ0n) is 20.6. The van der Waals surface area contributed by atoms with E-state index in [9.17, 15) is 4.79 Å². The van der Waals surface area contributed by atoms with Crippen LogP contribution in [0.2, 0.25) is 0 Å². The van der Waals surface area contributed by atoms with E-state index in [1.165, 1.54) is 80.1 Å². The molecule has 1 aliphatic carbocycles. The van der Waals surface area contributed by atoms with Gasteiger partial charge in [0.1, 0.15) is 0 Å². The van der Waals surface area contributed by atoms with Crippen molar-refractivity contribution in [2.75, 3.05) is 23.8 Å². The Balaban J connectivity index is 0.00000450. The third-order valence-corrected chi connectivity index (χ3v) is 13.2. The van der Waals surface area contributed by atoms with E-state index in [2.05, 4.69) is 59.0 Å². The van der Waals surface area contributed by atoms with Gasteiger partial charge in [-0.3, -0.25) is 4.79 Å². The molecule has 1 radical (unpaired) electrons. The van der Waals surface area contributed by atoms with Gasteiger partial charge in [-0.1, -0.05) is 57.7 Å². The van der Waals surface area contributed by atoms with Crippen LogP contribution in [0.15, 0.2) is 12.1 Å². The topological polar surface area (TPSA) is 29.1 Å². The van der Waals surface area contributed by atoms with Gasteiger partial charge in [-0.15, -0.1) is 0 Å². The van der Waals surface area contributed by atoms with Crippen LogP contribution in [0.4, 0.5) is 5.69 Å². The molecule has 2 nitrogen and oxygen atoms in total. The Kier molecular flexibility index (Phi) is 12.3. The molecule has 30 heavy (non-hydrogen) atoms. The molecule has 1 aromatic carbocycles. The summed E-state index contributed by atoms with van der Waals surface area (Å²) < 4.78 is 0. The van der Waals surface area contributed by atoms with Gasteiger partial charge in [0.2, 0.25) is 0 Å². The van der Waals surface area contributed by atoms with Crippen LogP contribution < -0.4 is 5.32 Å². The third kappa shape index (κ3) is 6.17. The number of benzene rings is 1. The van der Waals surface area contributed by atoms with Gasteiger partial charge in [0.05, 0.1) is 18.5 Å². The van der Waals surface area contributed by atoms with Crippen molar-refractivity contribution in [1.82, 2.24) is 0 Å². The van der Waals surface area contributed by atoms with Gasteiger partial charge >= 0.3 is 0 Å². The standard InChI is InChI=1S/C26H44NOP.Y/c1-7-10-16-29(17-11-8-2,18-12-9-3)26(14-13-15-26)25(28)27-24-22(5)19-21(4)20-23(24)6;/h19-20H,7-18H2,1-6H3;/p+1. The SMILES string of the molecule is CCCC[P+](CCCC)(CCCC)C1(C(=O)Nc2c(C)cc(C)cc2C)CCC1.[Y]. The molecule has 1 aromatic rings. The minimum atomic E-state index is -1.33. The maximum Gasteiger partial charge on any atom is 0.268 e. The summed E-state index contributed by atoms with van der Waals surface area (Å²) in [6, 6.07) is 4.40. The Bertz CT molecular complexity index is 639. The molecule has 1 amide bonds. The first-order valence-corrected chi connectivity index (χ1v) is 14.5. The van der Waals surface area contributed by atoms with Crippen LogP contribution >= 0.6 is 7.26 Å². The third-order valence-electron chi connectivity index (χ3n) is 7.25. The van der Waals surface area contributed by atoms with Crippen LogP contribution in [-0.2, 0) is 37.5 Å². The summed E-state index contributed by atoms with van der Waals surface area (Å²) in [5.41, 5.74) is 4.73. The molecule has 4 heteroatoms. The van der Waals surface area contributed by atoms with Gasteiger partial charge in [-0.05, 0) is 70.4 Å². The summed E-state index contributed by atoms with van der Waals surface area (Å²) in [5.74, 6) is 0.357. The quantitative estimate of drug-likeness (QED) is 0.287. The van der Waals surface area contributed by atoms with Crippen LogP contribution in [0.25, 0.3) is 0 Å². The molecular weight excluding hydrogens is 462 g/mol. The normalized spacial score (nSPS) is 15.3. The second kappa shape index (κ2) is 13.1. The van der Waals surface area contributed by atoms with Gasteiger partial charge in [0.15, 0.2) is 5.16 Å². The molecule has 1 N–H and O–H groups in total. The van der Waals surface area contributed by atoms with Crippen molar-refractivity contribution in [2.24, 2.45) is 0 Å². The van der Waals surface area contributed by atoms with Crippen LogP contribution in [0.1, 0.15) is 95.2 Å². The fourth-order valence-electron chi connectivity index (χ4n) is 5.40. The second-order valence-corrected chi connectivity index (χ2v) is 14.0. The van der Waals surface area contributed by atoms with Gasteiger partial charge in [-0.2, -0.15) is 0 Å². The molecule has 1 fully saturated rings. The summed E-state index contributed by atoms with van der Waals surface area (Å²) in [5, 5.41) is 3.41. The van der Waals surface area contributed by atoms with Crippen molar-refractivity contribution in [3.63, 3.8) is 0 Å². The Labute approximate surface area is 212 Å². The summed E-state index contributed by atoms with van der Waals surface area (Å²) in [4.78, 5) is 14.0. The molecule has 2 rings (SSSR count). The first kappa shape index (κ1) is 28.3. The first-order chi connectivity index (χ1) is 13.9. The van der Waals surface area contributed by atoms with E-state index >= 15 is 0 Å². The number of aryl methyl sites for hydroxylation is 3. The molecule has 0 saturated heterocycles. The van der Waals surface area contributed by atoms with E-state index < -0.39 is 7.26 Å². The van der Waals surface area contributed by atoms with Crippen LogP contribution in [0, 0.1) is 20.8 Å². The van der Waals surface area contributed by atoms with Crippen molar-refractivity contribution in [3.05, 3.63) is 28.8 Å². The molecule has 0 spiro atoms. The van der Waals surface area contributed by atoms with E-state index in [1.54, 1.807) is 0 Å². The number of unbranched alkanes of at least 4 members (excludes halogenated alkanes) is 3. The monoisotopic (exact) mass is 507 g/mol. The number of carbonyl (C=O) groups is 1. The summed E-state index contributed by atoms with van der Waals surface area (Å²) >= 11 is 0. The Morgan fingerprint density at radius 1 is 0.900 bits per heavy atom. The van der Waals surface area contributed by atoms with Crippen molar-refractivity contribution in [1.29, 1.82) is 0 Å². The zero-order valence-corrected chi connectivity index (χ0v) is 24.3. The van der Waals surface area contributed by atoms with Gasteiger partial charge in [-0.25, -0.2) is 0 Å². The number of hydrogen-bond acceptors (Lipinski definition) is 1. The van der Waals surface area contributed by atoms with E-state index in [0.717, 1.165) is 18.5 Å². The van der Waals surface area contributed by atoms with Crippen molar-refractivity contribution < 1.29 is 37.5 Å². The smallest absolute Gasteiger partial charge is 0.268 e. The maximum atomic E-state index is 14.0. The van der Waals surface area contributed by atoms with Crippen LogP contribution in [0.3, 0.4) is 0 Å². The summed E-state index contributed by atoms with van der Waals surface area (Å²) in [7, 11) is -1.33. The Morgan fingerprint density at radius 3 is 1.67 bits per heavy atom. The van der Waals surface area contributed by atoms with E-state index in [0.29, 0.717) is 5.91 Å². The molecule has 0 bridgehead atoms. The van der Waals surface area contributed by atoms with E-state index in [-0.39, 0.29) is 37.9 Å². The average Bonchev–Trinajstić information content (AvgIpc) is 2.64. The fourth-order valence-corrected chi connectivity index (χ4v) is 11.9. The van der Waals surface area contributed by atoms with Gasteiger partial charge < -0.3 is 5.32 Å². The molecule has 0 heterocycles. The Morgan fingerprint density at radius 2 is 1.33 bits per heavy atom. The van der Waals surface area contributed by atoms with Crippen molar-refractivity contribution in [2.45, 2.75) is 104 Å². The zero-order chi connectivity index (χ0) is 21.5. The van der Waals surface area contributed by atoms with Crippen LogP contribution in [-0.4, -0.2) is 29.5 Å². The van der Waals surface area contributed by atoms with Crippen molar-refractivity contribution >= 4 is 18.9 Å². The number of nitrogens with one attached hydrogen (secondary N) is 1. The average molecular weight is 508 g/mol. The minimum absolute atomic E-state index is 0. The van der Waals surface area contributed by atoms with Crippen molar-refractivity contribution in [3.8, 4) is 0 Å². The maximum absolute atomic E-state index is 14.0. The predicted octanol–water partition coefficient (Wildman–Crippen LogP) is 7.89. The summed E-state index contributed by atoms with van der Waals surface area (Å²) in [6.07, 6.45) is 15.0. The molecular formula is C26H45NOPY+. The first-order valence-electron chi connectivity index (χ1n) is 12.1. The number of anilines is 1. The Hall–Kier alpha value is 0.224.